The molecule has 2 aromatic rings. The van der Waals surface area contributed by atoms with Gasteiger partial charge in [0.2, 0.25) is 0 Å². The van der Waals surface area contributed by atoms with Crippen LogP contribution in [0.1, 0.15) is 9.88 Å². The molecule has 0 aliphatic carbocycles. The van der Waals surface area contributed by atoms with Gasteiger partial charge in [0.25, 0.3) is 0 Å². The van der Waals surface area contributed by atoms with Crippen molar-refractivity contribution in [2.75, 3.05) is 20.2 Å². The molecule has 9 heteroatoms. The van der Waals surface area contributed by atoms with Gasteiger partial charge in [-0.25, -0.2) is 13.8 Å². The highest BCUT2D eigenvalue weighted by molar-refractivity contribution is 14.0. The monoisotopic (exact) mass is 468 g/mol. The van der Waals surface area contributed by atoms with Crippen LogP contribution < -0.4 is 15.4 Å². The number of aryl methyl sites for hydroxylation is 1. The molecule has 0 fully saturated rings. The predicted octanol–water partition coefficient (Wildman–Crippen LogP) is 3.09. The lowest BCUT2D eigenvalue weighted by atomic mass is 10.3. The Labute approximate surface area is 160 Å². The van der Waals surface area contributed by atoms with Crippen LogP contribution in [0.25, 0.3) is 0 Å². The van der Waals surface area contributed by atoms with E-state index in [0.717, 1.165) is 22.0 Å². The number of halogens is 3. The largest absolute Gasteiger partial charge is 0.492 e. The summed E-state index contributed by atoms with van der Waals surface area (Å²) in [5.74, 6) is -0.914. The zero-order valence-electron chi connectivity index (χ0n) is 13.3. The van der Waals surface area contributed by atoms with E-state index in [1.54, 1.807) is 18.4 Å². The average molecular weight is 468 g/mol. The van der Waals surface area contributed by atoms with Crippen LogP contribution >= 0.6 is 35.3 Å². The second-order valence-corrected chi connectivity index (χ2v) is 5.96. The van der Waals surface area contributed by atoms with Gasteiger partial charge in [-0.3, -0.25) is 4.99 Å². The van der Waals surface area contributed by atoms with Crippen molar-refractivity contribution in [2.24, 2.45) is 4.99 Å². The number of nitrogens with zero attached hydrogens (tertiary/aromatic N) is 2. The smallest absolute Gasteiger partial charge is 0.191 e. The van der Waals surface area contributed by atoms with Crippen molar-refractivity contribution >= 4 is 41.3 Å². The summed E-state index contributed by atoms with van der Waals surface area (Å²) in [6.07, 6.45) is 1.83. The Morgan fingerprint density at radius 3 is 2.71 bits per heavy atom. The molecule has 132 valence electrons. The lowest BCUT2D eigenvalue weighted by molar-refractivity contribution is 0.318. The summed E-state index contributed by atoms with van der Waals surface area (Å²) in [6.45, 7) is 3.35. The molecule has 1 heterocycles. The fourth-order valence-corrected chi connectivity index (χ4v) is 2.49. The Morgan fingerprint density at radius 2 is 2.08 bits per heavy atom. The van der Waals surface area contributed by atoms with Gasteiger partial charge in [-0.2, -0.15) is 0 Å². The van der Waals surface area contributed by atoms with Gasteiger partial charge in [-0.15, -0.1) is 35.3 Å². The van der Waals surface area contributed by atoms with E-state index in [2.05, 4.69) is 20.6 Å². The van der Waals surface area contributed by atoms with Crippen LogP contribution in [-0.2, 0) is 6.54 Å². The summed E-state index contributed by atoms with van der Waals surface area (Å²) in [7, 11) is 1.67. The first-order chi connectivity index (χ1) is 11.1. The molecule has 1 aromatic heterocycles. The molecule has 0 bridgehead atoms. The average Bonchev–Trinajstić information content (AvgIpc) is 2.95. The lowest BCUT2D eigenvalue weighted by Gasteiger charge is -2.11. The minimum Gasteiger partial charge on any atom is -0.492 e. The first-order valence-electron chi connectivity index (χ1n) is 7.02. The lowest BCUT2D eigenvalue weighted by Crippen LogP contribution is -2.38. The molecule has 5 nitrogen and oxygen atoms in total. The number of rotatable bonds is 6. The van der Waals surface area contributed by atoms with Gasteiger partial charge in [0.1, 0.15) is 17.4 Å². The number of ether oxygens (including phenoxy) is 1. The van der Waals surface area contributed by atoms with E-state index in [0.29, 0.717) is 25.7 Å². The van der Waals surface area contributed by atoms with E-state index in [-0.39, 0.29) is 29.7 Å². The first-order valence-corrected chi connectivity index (χ1v) is 7.84. The quantitative estimate of drug-likeness (QED) is 0.296. The van der Waals surface area contributed by atoms with Crippen LogP contribution in [0.5, 0.6) is 5.75 Å². The van der Waals surface area contributed by atoms with Crippen LogP contribution in [0.3, 0.4) is 0 Å². The van der Waals surface area contributed by atoms with Gasteiger partial charge < -0.3 is 15.4 Å². The molecule has 1 aromatic carbocycles. The number of benzene rings is 1. The van der Waals surface area contributed by atoms with Crippen LogP contribution in [0, 0.1) is 18.6 Å². The van der Waals surface area contributed by atoms with Gasteiger partial charge in [0.15, 0.2) is 17.6 Å². The SMILES string of the molecule is CN=C(NCCOc1ccc(F)c(F)c1)NCc1ncc(C)s1.I. The maximum absolute atomic E-state index is 13.0. The van der Waals surface area contributed by atoms with Crippen molar-refractivity contribution in [3.8, 4) is 5.75 Å². The fourth-order valence-electron chi connectivity index (χ4n) is 1.77. The number of nitrogens with one attached hydrogen (secondary N) is 2. The summed E-state index contributed by atoms with van der Waals surface area (Å²) in [4.78, 5) is 9.50. The van der Waals surface area contributed by atoms with Crippen molar-refractivity contribution in [3.63, 3.8) is 0 Å². The van der Waals surface area contributed by atoms with Crippen LogP contribution in [0.4, 0.5) is 8.78 Å². The Balaban J connectivity index is 0.00000288. The number of hydrogen-bond acceptors (Lipinski definition) is 4. The maximum Gasteiger partial charge on any atom is 0.191 e. The number of guanidine groups is 1. The summed E-state index contributed by atoms with van der Waals surface area (Å²) in [6, 6.07) is 3.44. The molecule has 0 saturated carbocycles. The molecule has 0 aliphatic rings. The molecule has 24 heavy (non-hydrogen) atoms. The Hall–Kier alpha value is -1.49. The predicted molar refractivity (Wildman–Crippen MR) is 102 cm³/mol. The molecule has 0 saturated heterocycles. The summed E-state index contributed by atoms with van der Waals surface area (Å²) >= 11 is 1.62. The molecular weight excluding hydrogens is 449 g/mol. The van der Waals surface area contributed by atoms with Gasteiger partial charge in [-0.1, -0.05) is 0 Å². The van der Waals surface area contributed by atoms with Crippen LogP contribution in [0.15, 0.2) is 29.4 Å². The van der Waals surface area contributed by atoms with E-state index in [1.165, 1.54) is 6.07 Å². The number of hydrogen-bond donors (Lipinski definition) is 2. The highest BCUT2D eigenvalue weighted by Crippen LogP contribution is 2.15. The normalized spacial score (nSPS) is 10.9. The van der Waals surface area contributed by atoms with E-state index < -0.39 is 11.6 Å². The van der Waals surface area contributed by atoms with Gasteiger partial charge in [0.05, 0.1) is 13.1 Å². The number of aromatic nitrogens is 1. The van der Waals surface area contributed by atoms with E-state index in [4.69, 9.17) is 4.74 Å². The number of thiazole rings is 1. The third-order valence-corrected chi connectivity index (χ3v) is 3.77. The second-order valence-electron chi connectivity index (χ2n) is 4.64. The summed E-state index contributed by atoms with van der Waals surface area (Å²) in [5, 5.41) is 7.18. The Morgan fingerprint density at radius 1 is 1.29 bits per heavy atom. The topological polar surface area (TPSA) is 58.5 Å². The molecule has 0 unspecified atom stereocenters. The molecule has 0 amide bonds. The van der Waals surface area contributed by atoms with Crippen molar-refractivity contribution in [3.05, 3.63) is 45.9 Å². The van der Waals surface area contributed by atoms with Crippen LogP contribution in [-0.4, -0.2) is 31.1 Å². The zero-order valence-corrected chi connectivity index (χ0v) is 16.5. The molecule has 0 aliphatic heterocycles. The molecular formula is C15H19F2IN4OS. The minimum absolute atomic E-state index is 0. The van der Waals surface area contributed by atoms with Crippen LogP contribution in [0.2, 0.25) is 0 Å². The zero-order chi connectivity index (χ0) is 16.7. The van der Waals surface area contributed by atoms with E-state index >= 15 is 0 Å². The Bertz CT molecular complexity index is 681. The molecule has 0 radical (unpaired) electrons. The third kappa shape index (κ3) is 6.56. The third-order valence-electron chi connectivity index (χ3n) is 2.85. The van der Waals surface area contributed by atoms with Crippen molar-refractivity contribution in [1.82, 2.24) is 15.6 Å². The molecule has 0 spiro atoms. The van der Waals surface area contributed by atoms with Crippen molar-refractivity contribution in [2.45, 2.75) is 13.5 Å². The van der Waals surface area contributed by atoms with Gasteiger partial charge in [-0.05, 0) is 19.1 Å². The maximum atomic E-state index is 13.0. The minimum atomic E-state index is -0.924. The van der Waals surface area contributed by atoms with Gasteiger partial charge >= 0.3 is 0 Å². The highest BCUT2D eigenvalue weighted by Gasteiger charge is 2.04. The van der Waals surface area contributed by atoms with Crippen molar-refractivity contribution < 1.29 is 13.5 Å². The standard InChI is InChI=1S/C15H18F2N4OS.HI/c1-10-8-20-14(23-10)9-21-15(18-2)19-5-6-22-11-3-4-12(16)13(17)7-11;/h3-4,7-8H,5-6,9H2,1-2H3,(H2,18,19,21);1H. The van der Waals surface area contributed by atoms with Crippen molar-refractivity contribution in [1.29, 1.82) is 0 Å². The molecule has 2 rings (SSSR count). The van der Waals surface area contributed by atoms with Gasteiger partial charge in [0, 0.05) is 24.2 Å². The summed E-state index contributed by atoms with van der Waals surface area (Å²) < 4.78 is 31.2. The molecule has 2 N–H and O–H groups in total. The molecule has 0 atom stereocenters. The fraction of sp³-hybridized carbons (Fsp3) is 0.333. The first kappa shape index (κ1) is 20.6. The second kappa shape index (κ2) is 10.4. The Kier molecular flexibility index (Phi) is 8.90. The van der Waals surface area contributed by atoms with E-state index in [9.17, 15) is 8.78 Å². The number of aliphatic imine (C=N–C) groups is 1. The highest BCUT2D eigenvalue weighted by atomic mass is 127. The summed E-state index contributed by atoms with van der Waals surface area (Å²) in [5.41, 5.74) is 0. The van der Waals surface area contributed by atoms with E-state index in [1.807, 2.05) is 13.1 Å².